The van der Waals surface area contributed by atoms with Gasteiger partial charge in [0.1, 0.15) is 17.3 Å². The van der Waals surface area contributed by atoms with Crippen LogP contribution >= 0.6 is 0 Å². The molecule has 4 rings (SSSR count). The molecule has 0 bridgehead atoms. The Labute approximate surface area is 263 Å². The molecule has 0 radical (unpaired) electrons. The number of benzene rings is 3. The number of halogens is 4. The predicted octanol–water partition coefficient (Wildman–Crippen LogP) is 8.32. The third-order valence-corrected chi connectivity index (χ3v) is 13.3. The lowest BCUT2D eigenvalue weighted by atomic mass is 9.95. The Bertz CT molecular complexity index is 1570. The van der Waals surface area contributed by atoms with Crippen LogP contribution in [0.15, 0.2) is 65.8 Å². The van der Waals surface area contributed by atoms with E-state index in [0.29, 0.717) is 23.4 Å². The third-order valence-electron chi connectivity index (χ3n) is 8.80. The van der Waals surface area contributed by atoms with E-state index in [9.17, 15) is 22.4 Å². The second kappa shape index (κ2) is 13.0. The van der Waals surface area contributed by atoms with Crippen molar-refractivity contribution in [1.29, 1.82) is 0 Å². The van der Waals surface area contributed by atoms with Gasteiger partial charge in [0.25, 0.3) is 0 Å². The van der Waals surface area contributed by atoms with Gasteiger partial charge in [-0.25, -0.2) is 9.18 Å². The van der Waals surface area contributed by atoms with E-state index in [1.54, 1.807) is 36.4 Å². The molecular weight excluding hydrogens is 604 g/mol. The molecule has 1 aliphatic rings. The van der Waals surface area contributed by atoms with Crippen LogP contribution in [0.5, 0.6) is 5.75 Å². The van der Waals surface area contributed by atoms with E-state index in [2.05, 4.69) is 5.10 Å². The molecule has 0 fully saturated rings. The van der Waals surface area contributed by atoms with Crippen LogP contribution in [0.3, 0.4) is 0 Å². The van der Waals surface area contributed by atoms with Crippen LogP contribution in [-0.2, 0) is 20.4 Å². The summed E-state index contributed by atoms with van der Waals surface area (Å²) in [7, 11) is 0.245. The average molecular weight is 645 g/mol. The van der Waals surface area contributed by atoms with Crippen LogP contribution in [0.1, 0.15) is 37.5 Å². The van der Waals surface area contributed by atoms with Crippen molar-refractivity contribution in [3.05, 3.63) is 83.2 Å². The lowest BCUT2D eigenvalue weighted by Crippen LogP contribution is -2.49. The summed E-state index contributed by atoms with van der Waals surface area (Å²) in [5.74, 6) is -1.98. The topological polar surface area (TPSA) is 60.4 Å². The van der Waals surface area contributed by atoms with Crippen LogP contribution in [0, 0.1) is 18.7 Å². The summed E-state index contributed by atoms with van der Waals surface area (Å²) in [6.45, 7) is 11.5. The van der Waals surface area contributed by atoms with Crippen LogP contribution < -0.4 is 9.75 Å². The smallest absolute Gasteiger partial charge is 0.431 e. The Balaban J connectivity index is 1.59. The fourth-order valence-corrected chi connectivity index (χ4v) is 6.06. The maximum Gasteiger partial charge on any atom is 0.431 e. The van der Waals surface area contributed by atoms with Gasteiger partial charge in [-0.3, -0.25) is 5.01 Å². The van der Waals surface area contributed by atoms with Gasteiger partial charge in [-0.15, -0.1) is 0 Å². The Morgan fingerprint density at radius 1 is 0.978 bits per heavy atom. The second-order valence-electron chi connectivity index (χ2n) is 12.8. The highest BCUT2D eigenvalue weighted by Gasteiger charge is 2.54. The molecule has 0 saturated heterocycles. The van der Waals surface area contributed by atoms with Gasteiger partial charge < -0.3 is 13.9 Å². The SMILES string of the molecule is COC(=O)C1C(CO[Si](C)(C)C(C)(C)C)C(C(F)(F)F)=NN1c1ccc(Cc2ccc(-c3cc(OC)ccc3F)cc2C)cc1. The molecule has 0 N–H and O–H groups in total. The van der Waals surface area contributed by atoms with Crippen LogP contribution in [0.25, 0.3) is 11.1 Å². The first-order chi connectivity index (χ1) is 21.0. The Kier molecular flexibility index (Phi) is 9.84. The summed E-state index contributed by atoms with van der Waals surface area (Å²) >= 11 is 0. The molecular formula is C34H40F4N2O4Si. The van der Waals surface area contributed by atoms with Crippen LogP contribution in [-0.4, -0.2) is 53.0 Å². The molecule has 1 heterocycles. The maximum atomic E-state index is 14.5. The second-order valence-corrected chi connectivity index (χ2v) is 17.6. The van der Waals surface area contributed by atoms with E-state index in [4.69, 9.17) is 13.9 Å². The number of carbonyl (C=O) groups is 1. The van der Waals surface area contributed by atoms with Gasteiger partial charge >= 0.3 is 12.1 Å². The highest BCUT2D eigenvalue weighted by molar-refractivity contribution is 6.74. The summed E-state index contributed by atoms with van der Waals surface area (Å²) < 4.78 is 73.6. The molecule has 11 heteroatoms. The highest BCUT2D eigenvalue weighted by atomic mass is 28.4. The number of nitrogens with zero attached hydrogens (tertiary/aromatic N) is 2. The van der Waals surface area contributed by atoms with E-state index in [1.807, 2.05) is 59.0 Å². The number of ether oxygens (including phenoxy) is 2. The molecule has 2 unspecified atom stereocenters. The highest BCUT2D eigenvalue weighted by Crippen LogP contribution is 2.40. The van der Waals surface area contributed by atoms with Gasteiger partial charge in [-0.2, -0.15) is 18.3 Å². The molecule has 6 nitrogen and oxygen atoms in total. The van der Waals surface area contributed by atoms with E-state index in [1.165, 1.54) is 13.2 Å². The molecule has 0 saturated carbocycles. The molecule has 0 aliphatic carbocycles. The Morgan fingerprint density at radius 2 is 1.64 bits per heavy atom. The molecule has 3 aromatic rings. The monoisotopic (exact) mass is 644 g/mol. The molecule has 0 amide bonds. The van der Waals surface area contributed by atoms with Crippen molar-refractivity contribution >= 4 is 25.7 Å². The summed E-state index contributed by atoms with van der Waals surface area (Å²) in [6.07, 6.45) is -4.23. The summed E-state index contributed by atoms with van der Waals surface area (Å²) in [5, 5.41) is 4.79. The zero-order valence-electron chi connectivity index (χ0n) is 26.9. The number of hydrazone groups is 1. The maximum absolute atomic E-state index is 14.5. The number of hydrogen-bond acceptors (Lipinski definition) is 6. The molecule has 2 atom stereocenters. The average Bonchev–Trinajstić information content (AvgIpc) is 3.37. The first kappa shape index (κ1) is 34.2. The number of rotatable bonds is 9. The summed E-state index contributed by atoms with van der Waals surface area (Å²) in [4.78, 5) is 13.0. The number of anilines is 1. The summed E-state index contributed by atoms with van der Waals surface area (Å²) in [5.41, 5.74) is 3.27. The van der Waals surface area contributed by atoms with Crippen molar-refractivity contribution in [3.8, 4) is 16.9 Å². The zero-order chi connectivity index (χ0) is 33.3. The predicted molar refractivity (Wildman–Crippen MR) is 171 cm³/mol. The van der Waals surface area contributed by atoms with Crippen molar-refractivity contribution in [2.75, 3.05) is 25.8 Å². The van der Waals surface area contributed by atoms with Gasteiger partial charge in [-0.05, 0) is 84.1 Å². The number of carbonyl (C=O) groups excluding carboxylic acids is 1. The number of methoxy groups -OCH3 is 2. The first-order valence-electron chi connectivity index (χ1n) is 14.7. The number of alkyl halides is 3. The number of esters is 1. The minimum absolute atomic E-state index is 0.235. The van der Waals surface area contributed by atoms with Crippen LogP contribution in [0.4, 0.5) is 23.2 Å². The minimum atomic E-state index is -4.76. The van der Waals surface area contributed by atoms with Gasteiger partial charge in [0.05, 0.1) is 25.8 Å². The quantitative estimate of drug-likeness (QED) is 0.133. The van der Waals surface area contributed by atoms with Crippen molar-refractivity contribution in [2.24, 2.45) is 11.0 Å². The van der Waals surface area contributed by atoms with Gasteiger partial charge in [0.2, 0.25) is 0 Å². The van der Waals surface area contributed by atoms with Gasteiger partial charge in [0, 0.05) is 12.2 Å². The van der Waals surface area contributed by atoms with Crippen molar-refractivity contribution in [2.45, 2.75) is 64.5 Å². The third kappa shape index (κ3) is 7.41. The molecule has 0 spiro atoms. The van der Waals surface area contributed by atoms with E-state index in [0.717, 1.165) is 34.4 Å². The van der Waals surface area contributed by atoms with Crippen molar-refractivity contribution in [1.82, 2.24) is 0 Å². The van der Waals surface area contributed by atoms with Crippen molar-refractivity contribution < 1.29 is 36.3 Å². The van der Waals surface area contributed by atoms with Crippen LogP contribution in [0.2, 0.25) is 18.1 Å². The molecule has 3 aromatic carbocycles. The largest absolute Gasteiger partial charge is 0.497 e. The lowest BCUT2D eigenvalue weighted by molar-refractivity contribution is -0.143. The Hall–Kier alpha value is -3.70. The Morgan fingerprint density at radius 3 is 2.20 bits per heavy atom. The molecule has 1 aliphatic heterocycles. The van der Waals surface area contributed by atoms with Crippen molar-refractivity contribution in [3.63, 3.8) is 0 Å². The zero-order valence-corrected chi connectivity index (χ0v) is 27.9. The lowest BCUT2D eigenvalue weighted by Gasteiger charge is -2.37. The van der Waals surface area contributed by atoms with Gasteiger partial charge in [0.15, 0.2) is 14.4 Å². The standard InChI is InChI=1S/C34H40F4N2O4Si/c1-21-17-24(27-19-26(42-5)15-16-29(27)35)12-11-23(21)18-22-9-13-25(14-10-22)40-30(32(41)43-6)28(31(39-40)34(36,37)38)20-44-45(7,8)33(2,3)4/h9-17,19,28,30H,18,20H2,1-8H3. The molecule has 242 valence electrons. The molecule has 0 aromatic heterocycles. The fourth-order valence-electron chi connectivity index (χ4n) is 5.03. The van der Waals surface area contributed by atoms with E-state index >= 15 is 0 Å². The minimum Gasteiger partial charge on any atom is -0.497 e. The number of aryl methyl sites for hydroxylation is 1. The number of hydrogen-bond donors (Lipinski definition) is 0. The normalized spacial score (nSPS) is 17.3. The van der Waals surface area contributed by atoms with E-state index < -0.39 is 38.1 Å². The van der Waals surface area contributed by atoms with E-state index in [-0.39, 0.29) is 17.5 Å². The van der Waals surface area contributed by atoms with Gasteiger partial charge in [-0.1, -0.05) is 51.1 Å². The molecule has 45 heavy (non-hydrogen) atoms. The summed E-state index contributed by atoms with van der Waals surface area (Å²) in [6, 6.07) is 15.8. The fraction of sp³-hybridized carbons (Fsp3) is 0.412. The first-order valence-corrected chi connectivity index (χ1v) is 17.6.